The van der Waals surface area contributed by atoms with Gasteiger partial charge in [0, 0.05) is 44.0 Å². The SMILES string of the molecule is CN(C)C/C=C/C(=O)N1CCC(N=C(N)c2c(Oc3ccc(-c4ncco4)c(Cl)c3)ccnc2N)C1. The molecule has 11 heteroatoms. The number of hydrogen-bond donors (Lipinski definition) is 2. The third-order valence-corrected chi connectivity index (χ3v) is 5.87. The highest BCUT2D eigenvalue weighted by Gasteiger charge is 2.26. The number of benzene rings is 1. The van der Waals surface area contributed by atoms with Gasteiger partial charge in [-0.1, -0.05) is 17.7 Å². The van der Waals surface area contributed by atoms with Crippen molar-refractivity contribution in [2.24, 2.45) is 10.7 Å². The standard InChI is InChI=1S/C25H28ClN7O3/c1-32(2)11-3-4-21(34)33-12-8-16(15-33)31-24(28)22-20(7-9-29-23(22)27)36-17-5-6-18(19(26)14-17)25-30-10-13-35-25/h3-7,9-10,13-14,16H,8,11-12,15H2,1-2H3,(H2,27,29)(H2,28,31)/b4-3+. The number of rotatable bonds is 8. The van der Waals surface area contributed by atoms with Gasteiger partial charge >= 0.3 is 0 Å². The van der Waals surface area contributed by atoms with E-state index in [0.717, 1.165) is 0 Å². The molecular weight excluding hydrogens is 482 g/mol. The number of pyridine rings is 1. The minimum Gasteiger partial charge on any atom is -0.456 e. The molecule has 3 aromatic rings. The number of nitrogens with two attached hydrogens (primary N) is 2. The molecule has 188 valence electrons. The Morgan fingerprint density at radius 1 is 1.33 bits per heavy atom. The number of aromatic nitrogens is 2. The number of aliphatic imine (C=N–C) groups is 1. The highest BCUT2D eigenvalue weighted by Crippen LogP contribution is 2.34. The predicted molar refractivity (Wildman–Crippen MR) is 139 cm³/mol. The first-order valence-electron chi connectivity index (χ1n) is 11.4. The van der Waals surface area contributed by atoms with E-state index in [0.29, 0.717) is 59.6 Å². The zero-order valence-electron chi connectivity index (χ0n) is 20.1. The molecule has 2 aromatic heterocycles. The van der Waals surface area contributed by atoms with Crippen LogP contribution in [0.4, 0.5) is 5.82 Å². The van der Waals surface area contributed by atoms with Crippen molar-refractivity contribution in [2.75, 3.05) is 39.5 Å². The van der Waals surface area contributed by atoms with Crippen LogP contribution in [0, 0.1) is 0 Å². The van der Waals surface area contributed by atoms with Crippen LogP contribution in [0.2, 0.25) is 5.02 Å². The fourth-order valence-corrected chi connectivity index (χ4v) is 4.05. The van der Waals surface area contributed by atoms with Crippen molar-refractivity contribution in [1.29, 1.82) is 0 Å². The highest BCUT2D eigenvalue weighted by molar-refractivity contribution is 6.33. The summed E-state index contributed by atoms with van der Waals surface area (Å²) in [6, 6.07) is 6.65. The van der Waals surface area contributed by atoms with Crippen molar-refractivity contribution in [3.05, 3.63) is 65.7 Å². The number of likely N-dealkylation sites (tertiary alicyclic amines) is 1. The van der Waals surface area contributed by atoms with Gasteiger partial charge in [0.15, 0.2) is 0 Å². The number of nitrogen functional groups attached to an aromatic ring is 1. The number of anilines is 1. The maximum atomic E-state index is 12.4. The number of carbonyl (C=O) groups is 1. The second-order valence-corrected chi connectivity index (χ2v) is 8.96. The number of hydrogen-bond acceptors (Lipinski definition) is 8. The molecule has 0 aliphatic carbocycles. The van der Waals surface area contributed by atoms with E-state index in [1.54, 1.807) is 41.4 Å². The fraction of sp³-hybridized carbons (Fsp3) is 0.280. The van der Waals surface area contributed by atoms with Crippen LogP contribution >= 0.6 is 11.6 Å². The molecule has 1 fully saturated rings. The Hall–Kier alpha value is -3.89. The van der Waals surface area contributed by atoms with E-state index in [1.165, 1.54) is 12.5 Å². The molecule has 10 nitrogen and oxygen atoms in total. The summed E-state index contributed by atoms with van der Waals surface area (Å²) in [5, 5.41) is 0.413. The van der Waals surface area contributed by atoms with Gasteiger partial charge in [-0.05, 0) is 32.6 Å². The molecule has 1 aliphatic rings. The van der Waals surface area contributed by atoms with Gasteiger partial charge in [-0.2, -0.15) is 0 Å². The van der Waals surface area contributed by atoms with Crippen molar-refractivity contribution in [3.8, 4) is 23.0 Å². The van der Waals surface area contributed by atoms with Crippen LogP contribution < -0.4 is 16.2 Å². The van der Waals surface area contributed by atoms with E-state index in [2.05, 4.69) is 15.0 Å². The summed E-state index contributed by atoms with van der Waals surface area (Å²) >= 11 is 6.42. The van der Waals surface area contributed by atoms with Gasteiger partial charge in [0.2, 0.25) is 11.8 Å². The number of carbonyl (C=O) groups excluding carboxylic acids is 1. The number of ether oxygens (including phenoxy) is 1. The van der Waals surface area contributed by atoms with Gasteiger partial charge in [-0.15, -0.1) is 0 Å². The van der Waals surface area contributed by atoms with E-state index >= 15 is 0 Å². The third-order valence-electron chi connectivity index (χ3n) is 5.56. The minimum atomic E-state index is -0.154. The normalized spacial score (nSPS) is 16.3. The Kier molecular flexibility index (Phi) is 7.87. The Labute approximate surface area is 214 Å². The monoisotopic (exact) mass is 509 g/mol. The Bertz CT molecular complexity index is 1270. The molecule has 4 rings (SSSR count). The van der Waals surface area contributed by atoms with Crippen LogP contribution in [-0.2, 0) is 4.79 Å². The molecular formula is C25H28ClN7O3. The number of oxazole rings is 1. The van der Waals surface area contributed by atoms with E-state index in [4.69, 9.17) is 32.2 Å². The van der Waals surface area contributed by atoms with Gasteiger partial charge in [0.25, 0.3) is 0 Å². The van der Waals surface area contributed by atoms with E-state index in [9.17, 15) is 4.79 Å². The quantitative estimate of drug-likeness (QED) is 0.268. The van der Waals surface area contributed by atoms with Crippen molar-refractivity contribution in [1.82, 2.24) is 19.8 Å². The van der Waals surface area contributed by atoms with Crippen LogP contribution in [0.25, 0.3) is 11.5 Å². The summed E-state index contributed by atoms with van der Waals surface area (Å²) in [7, 11) is 3.89. The summed E-state index contributed by atoms with van der Waals surface area (Å²) in [6.45, 7) is 1.78. The van der Waals surface area contributed by atoms with Gasteiger partial charge in [-0.25, -0.2) is 9.97 Å². The largest absolute Gasteiger partial charge is 0.456 e. The van der Waals surface area contributed by atoms with Gasteiger partial charge in [0.05, 0.1) is 22.8 Å². The lowest BCUT2D eigenvalue weighted by Crippen LogP contribution is -2.28. The Morgan fingerprint density at radius 3 is 2.89 bits per heavy atom. The molecule has 1 aliphatic heterocycles. The molecule has 1 amide bonds. The van der Waals surface area contributed by atoms with Crippen LogP contribution in [0.3, 0.4) is 0 Å². The van der Waals surface area contributed by atoms with Crippen LogP contribution in [0.15, 0.2) is 64.5 Å². The zero-order valence-corrected chi connectivity index (χ0v) is 20.9. The fourth-order valence-electron chi connectivity index (χ4n) is 3.80. The first kappa shape index (κ1) is 25.2. The summed E-state index contributed by atoms with van der Waals surface area (Å²) in [6.07, 6.45) is 8.69. The molecule has 1 saturated heterocycles. The number of halogens is 1. The van der Waals surface area contributed by atoms with Crippen molar-refractivity contribution < 1.29 is 13.9 Å². The van der Waals surface area contributed by atoms with E-state index in [-0.39, 0.29) is 23.6 Å². The molecule has 0 radical (unpaired) electrons. The molecule has 0 spiro atoms. The zero-order chi connectivity index (χ0) is 25.7. The summed E-state index contributed by atoms with van der Waals surface area (Å²) < 4.78 is 11.4. The molecule has 0 bridgehead atoms. The minimum absolute atomic E-state index is 0.0388. The number of nitrogens with zero attached hydrogens (tertiary/aromatic N) is 5. The summed E-state index contributed by atoms with van der Waals surface area (Å²) in [5.41, 5.74) is 13.5. The average molecular weight is 510 g/mol. The highest BCUT2D eigenvalue weighted by atomic mass is 35.5. The smallest absolute Gasteiger partial charge is 0.246 e. The Morgan fingerprint density at radius 2 is 2.17 bits per heavy atom. The van der Waals surface area contributed by atoms with Crippen LogP contribution in [0.1, 0.15) is 12.0 Å². The molecule has 0 saturated carbocycles. The first-order chi connectivity index (χ1) is 17.3. The molecule has 1 aromatic carbocycles. The van der Waals surface area contributed by atoms with Crippen molar-refractivity contribution in [2.45, 2.75) is 12.5 Å². The number of amides is 1. The summed E-state index contributed by atoms with van der Waals surface area (Å²) in [4.78, 5) is 29.1. The van der Waals surface area contributed by atoms with Gasteiger partial charge < -0.3 is 30.4 Å². The average Bonchev–Trinajstić information content (AvgIpc) is 3.51. The topological polar surface area (TPSA) is 136 Å². The number of likely N-dealkylation sites (N-methyl/N-ethyl adjacent to an activating group) is 1. The maximum Gasteiger partial charge on any atom is 0.246 e. The van der Waals surface area contributed by atoms with Gasteiger partial charge in [0.1, 0.15) is 35.0 Å². The van der Waals surface area contributed by atoms with E-state index < -0.39 is 0 Å². The molecule has 1 unspecified atom stereocenters. The van der Waals surface area contributed by atoms with Crippen molar-refractivity contribution >= 4 is 29.2 Å². The Balaban J connectivity index is 1.49. The maximum absolute atomic E-state index is 12.4. The molecule has 4 N–H and O–H groups in total. The third kappa shape index (κ3) is 6.02. The second-order valence-electron chi connectivity index (χ2n) is 8.56. The van der Waals surface area contributed by atoms with Crippen LogP contribution in [0.5, 0.6) is 11.5 Å². The second kappa shape index (κ2) is 11.2. The van der Waals surface area contributed by atoms with E-state index in [1.807, 2.05) is 25.1 Å². The number of amidine groups is 1. The lowest BCUT2D eigenvalue weighted by atomic mass is 10.2. The predicted octanol–water partition coefficient (Wildman–Crippen LogP) is 3.19. The van der Waals surface area contributed by atoms with Crippen molar-refractivity contribution in [3.63, 3.8) is 0 Å². The molecule has 3 heterocycles. The lowest BCUT2D eigenvalue weighted by molar-refractivity contribution is -0.125. The van der Waals surface area contributed by atoms with Crippen LogP contribution in [-0.4, -0.2) is 71.3 Å². The summed E-state index contributed by atoms with van der Waals surface area (Å²) in [5.74, 6) is 1.62. The first-order valence-corrected chi connectivity index (χ1v) is 11.7. The van der Waals surface area contributed by atoms with Gasteiger partial charge in [-0.3, -0.25) is 9.79 Å². The lowest BCUT2D eigenvalue weighted by Gasteiger charge is -2.15. The molecule has 1 atom stereocenters. The molecule has 36 heavy (non-hydrogen) atoms.